The zero-order valence-corrected chi connectivity index (χ0v) is 9.50. The monoisotopic (exact) mass is 216 g/mol. The maximum atomic E-state index is 5.53. The number of rotatable bonds is 2. The summed E-state index contributed by atoms with van der Waals surface area (Å²) in [6.45, 7) is 7.06. The summed E-state index contributed by atoms with van der Waals surface area (Å²) < 4.78 is 0. The molecule has 0 bridgehead atoms. The predicted octanol–water partition coefficient (Wildman–Crippen LogP) is 1.67. The smallest absolute Gasteiger partial charge is 0.123 e. The van der Waals surface area contributed by atoms with Crippen LogP contribution in [-0.4, -0.2) is 11.3 Å². The Morgan fingerprint density at radius 2 is 0.917 bits per heavy atom. The molecule has 0 aliphatic carbocycles. The second-order valence-electron chi connectivity index (χ2n) is 3.51. The van der Waals surface area contributed by atoms with Crippen molar-refractivity contribution >= 4 is 24.8 Å². The third-order valence-electron chi connectivity index (χ3n) is 0.565. The molecule has 76 valence electrons. The van der Waals surface area contributed by atoms with Crippen molar-refractivity contribution in [2.45, 2.75) is 39.0 Å². The molecule has 4 N–H and O–H groups in total. The van der Waals surface area contributed by atoms with Crippen molar-refractivity contribution in [3.63, 3.8) is 0 Å². The first-order valence-electron chi connectivity index (χ1n) is 3.22. The lowest BCUT2D eigenvalue weighted by Gasteiger charge is -2.15. The van der Waals surface area contributed by atoms with Crippen LogP contribution < -0.4 is 11.5 Å². The summed E-state index contributed by atoms with van der Waals surface area (Å²) in [7, 11) is 0. The topological polar surface area (TPSA) is 76.8 Å². The molecule has 0 spiro atoms. The third kappa shape index (κ3) is 16.6. The molecule has 0 unspecified atom stereocenters. The highest BCUT2D eigenvalue weighted by molar-refractivity contribution is 5.85. The molecule has 0 atom stereocenters. The van der Waals surface area contributed by atoms with E-state index in [9.17, 15) is 0 Å². The van der Waals surface area contributed by atoms with Crippen LogP contribution in [0.3, 0.4) is 0 Å². The number of nitrogens with two attached hydrogens (primary N) is 2. The molecule has 0 rings (SSSR count). The minimum absolute atomic E-state index is 0. The van der Waals surface area contributed by atoms with Crippen molar-refractivity contribution in [3.8, 4) is 0 Å². The third-order valence-corrected chi connectivity index (χ3v) is 0.565. The molecule has 12 heavy (non-hydrogen) atoms. The Bertz CT molecular complexity index is 117. The van der Waals surface area contributed by atoms with E-state index in [2.05, 4.69) is 10.2 Å². The number of nitrogens with zero attached hydrogens (tertiary/aromatic N) is 2. The zero-order chi connectivity index (χ0) is 8.41. The Morgan fingerprint density at radius 3 is 1.00 bits per heavy atom. The standard InChI is InChI=1S/C6H16N4.2ClH/c1-5(2,7)9-10-6(3,4)8;;/h7-8H2,1-4H3;2*1H. The normalized spacial score (nSPS) is 12.2. The molecule has 0 amide bonds. The van der Waals surface area contributed by atoms with Crippen LogP contribution in [0.5, 0.6) is 0 Å². The van der Waals surface area contributed by atoms with Crippen molar-refractivity contribution < 1.29 is 0 Å². The van der Waals surface area contributed by atoms with Gasteiger partial charge in [-0.25, -0.2) is 0 Å². The second-order valence-corrected chi connectivity index (χ2v) is 3.51. The van der Waals surface area contributed by atoms with Crippen LogP contribution in [0.2, 0.25) is 0 Å². The van der Waals surface area contributed by atoms with Gasteiger partial charge >= 0.3 is 0 Å². The van der Waals surface area contributed by atoms with E-state index in [1.807, 2.05) is 0 Å². The van der Waals surface area contributed by atoms with Gasteiger partial charge in [-0.15, -0.1) is 24.8 Å². The summed E-state index contributed by atoms with van der Waals surface area (Å²) >= 11 is 0. The molecule has 0 fully saturated rings. The molecule has 6 heteroatoms. The van der Waals surface area contributed by atoms with Crippen LogP contribution in [0.25, 0.3) is 0 Å². The maximum Gasteiger partial charge on any atom is 0.123 e. The van der Waals surface area contributed by atoms with Gasteiger partial charge in [0.15, 0.2) is 0 Å². The molecule has 0 aromatic carbocycles. The van der Waals surface area contributed by atoms with Gasteiger partial charge in [-0.2, -0.15) is 10.2 Å². The molecule has 0 radical (unpaired) electrons. The van der Waals surface area contributed by atoms with E-state index in [-0.39, 0.29) is 24.8 Å². The first-order valence-corrected chi connectivity index (χ1v) is 3.22. The van der Waals surface area contributed by atoms with Crippen LogP contribution in [0.4, 0.5) is 0 Å². The Labute approximate surface area is 86.0 Å². The molecule has 0 saturated heterocycles. The van der Waals surface area contributed by atoms with E-state index in [0.29, 0.717) is 0 Å². The van der Waals surface area contributed by atoms with E-state index in [1.165, 1.54) is 0 Å². The highest BCUT2D eigenvalue weighted by atomic mass is 35.5. The van der Waals surface area contributed by atoms with E-state index in [4.69, 9.17) is 11.5 Å². The maximum absolute atomic E-state index is 5.53. The van der Waals surface area contributed by atoms with Crippen molar-refractivity contribution in [2.75, 3.05) is 0 Å². The Morgan fingerprint density at radius 1 is 0.750 bits per heavy atom. The van der Waals surface area contributed by atoms with Gasteiger partial charge < -0.3 is 11.5 Å². The fourth-order valence-electron chi connectivity index (χ4n) is 0.258. The lowest BCUT2D eigenvalue weighted by molar-refractivity contribution is 0.438. The molecule has 0 saturated carbocycles. The van der Waals surface area contributed by atoms with E-state index < -0.39 is 11.3 Å². The van der Waals surface area contributed by atoms with Gasteiger partial charge in [0.05, 0.1) is 0 Å². The van der Waals surface area contributed by atoms with Crippen molar-refractivity contribution in [1.82, 2.24) is 0 Å². The highest BCUT2D eigenvalue weighted by Crippen LogP contribution is 2.05. The van der Waals surface area contributed by atoms with Crippen LogP contribution in [0, 0.1) is 0 Å². The number of hydrogen-bond donors (Lipinski definition) is 2. The summed E-state index contributed by atoms with van der Waals surface area (Å²) in [6.07, 6.45) is 0. The molecule has 0 heterocycles. The largest absolute Gasteiger partial charge is 0.306 e. The van der Waals surface area contributed by atoms with E-state index in [0.717, 1.165) is 0 Å². The van der Waals surface area contributed by atoms with Crippen LogP contribution in [0.15, 0.2) is 10.2 Å². The molecular formula is C6H18Cl2N4. The molecule has 0 aromatic rings. The first kappa shape index (κ1) is 18.0. The number of azo groups is 1. The molecule has 0 aromatic heterocycles. The van der Waals surface area contributed by atoms with Gasteiger partial charge in [-0.05, 0) is 27.7 Å². The summed E-state index contributed by atoms with van der Waals surface area (Å²) in [5.41, 5.74) is 9.82. The summed E-state index contributed by atoms with van der Waals surface area (Å²) in [4.78, 5) is 0. The Kier molecular flexibility index (Phi) is 8.54. The molecular weight excluding hydrogens is 199 g/mol. The van der Waals surface area contributed by atoms with E-state index >= 15 is 0 Å². The Balaban J connectivity index is -0.000000405. The molecule has 4 nitrogen and oxygen atoms in total. The average molecular weight is 217 g/mol. The highest BCUT2D eigenvalue weighted by Gasteiger charge is 2.12. The Hall–Kier alpha value is 0.1000. The number of hydrogen-bond acceptors (Lipinski definition) is 4. The van der Waals surface area contributed by atoms with E-state index in [1.54, 1.807) is 27.7 Å². The van der Waals surface area contributed by atoms with Crippen molar-refractivity contribution in [1.29, 1.82) is 0 Å². The minimum Gasteiger partial charge on any atom is -0.306 e. The average Bonchev–Trinajstić information content (AvgIpc) is 1.57. The van der Waals surface area contributed by atoms with Gasteiger partial charge in [0.25, 0.3) is 0 Å². The molecule has 0 aliphatic rings. The minimum atomic E-state index is -0.614. The second kappa shape index (κ2) is 5.70. The van der Waals surface area contributed by atoms with Gasteiger partial charge in [-0.1, -0.05) is 0 Å². The first-order chi connectivity index (χ1) is 4.21. The zero-order valence-electron chi connectivity index (χ0n) is 7.87. The summed E-state index contributed by atoms with van der Waals surface area (Å²) in [5.74, 6) is 0. The SMILES string of the molecule is CC(C)(N)N=NC(C)(C)N.Cl.Cl. The van der Waals surface area contributed by atoms with Crippen LogP contribution in [-0.2, 0) is 0 Å². The lowest BCUT2D eigenvalue weighted by Crippen LogP contribution is -2.33. The fourth-order valence-corrected chi connectivity index (χ4v) is 0.258. The van der Waals surface area contributed by atoms with Crippen LogP contribution >= 0.6 is 24.8 Å². The van der Waals surface area contributed by atoms with Crippen molar-refractivity contribution in [2.24, 2.45) is 21.7 Å². The fraction of sp³-hybridized carbons (Fsp3) is 1.00. The van der Waals surface area contributed by atoms with Crippen LogP contribution in [0.1, 0.15) is 27.7 Å². The van der Waals surface area contributed by atoms with Gasteiger partial charge in [-0.3, -0.25) is 0 Å². The van der Waals surface area contributed by atoms with Gasteiger partial charge in [0.1, 0.15) is 11.3 Å². The summed E-state index contributed by atoms with van der Waals surface area (Å²) in [6, 6.07) is 0. The molecule has 0 aliphatic heterocycles. The lowest BCUT2D eigenvalue weighted by atomic mass is 10.3. The van der Waals surface area contributed by atoms with Gasteiger partial charge in [0, 0.05) is 0 Å². The van der Waals surface area contributed by atoms with Crippen molar-refractivity contribution in [3.05, 3.63) is 0 Å². The van der Waals surface area contributed by atoms with Gasteiger partial charge in [0.2, 0.25) is 0 Å². The predicted molar refractivity (Wildman–Crippen MR) is 55.9 cm³/mol. The summed E-state index contributed by atoms with van der Waals surface area (Å²) in [5, 5.41) is 7.61. The quantitative estimate of drug-likeness (QED) is 0.690. The number of halogens is 2.